The molecule has 0 radical (unpaired) electrons. The van der Waals surface area contributed by atoms with Crippen LogP contribution in [0.25, 0.3) is 11.1 Å². The highest BCUT2D eigenvalue weighted by atomic mass is 16.6. The number of aromatic nitrogens is 1. The third kappa shape index (κ3) is 2.44. The van der Waals surface area contributed by atoms with Gasteiger partial charge in [0.2, 0.25) is 0 Å². The van der Waals surface area contributed by atoms with Gasteiger partial charge < -0.3 is 14.8 Å². The Morgan fingerprint density at radius 3 is 2.86 bits per heavy atom. The fourth-order valence-corrected chi connectivity index (χ4v) is 1.93. The summed E-state index contributed by atoms with van der Waals surface area (Å²) < 4.78 is 5.07. The number of non-ortho nitro benzene ring substituents is 1. The fourth-order valence-electron chi connectivity index (χ4n) is 1.93. The average Bonchev–Trinajstić information content (AvgIpc) is 2.96. The molecule has 3 rings (SSSR count). The number of carbonyl (C=O) groups excluding carboxylic acids is 1. The Hall–Kier alpha value is -3.42. The smallest absolute Gasteiger partial charge is 0.271 e. The van der Waals surface area contributed by atoms with E-state index >= 15 is 0 Å². The Balaban J connectivity index is 1.90. The highest BCUT2D eigenvalue weighted by molar-refractivity contribution is 6.06. The van der Waals surface area contributed by atoms with Crippen molar-refractivity contribution in [2.75, 3.05) is 5.32 Å². The Kier molecular flexibility index (Phi) is 3.18. The lowest BCUT2D eigenvalue weighted by molar-refractivity contribution is -0.384. The Morgan fingerprint density at radius 2 is 2.09 bits per heavy atom. The van der Waals surface area contributed by atoms with Gasteiger partial charge in [0.25, 0.3) is 11.6 Å². The van der Waals surface area contributed by atoms with E-state index in [2.05, 4.69) is 10.3 Å². The number of fused-ring (bicyclic) bond motifs is 1. The molecule has 0 spiro atoms. The van der Waals surface area contributed by atoms with E-state index in [1.165, 1.54) is 18.5 Å². The molecule has 0 atom stereocenters. The van der Waals surface area contributed by atoms with E-state index in [0.717, 1.165) is 18.2 Å². The first-order valence-corrected chi connectivity index (χ1v) is 6.16. The molecule has 8 heteroatoms. The molecule has 8 nitrogen and oxygen atoms in total. The molecule has 1 aromatic heterocycles. The van der Waals surface area contributed by atoms with E-state index in [4.69, 9.17) is 4.42 Å². The summed E-state index contributed by atoms with van der Waals surface area (Å²) in [6.45, 7) is 0. The van der Waals surface area contributed by atoms with Gasteiger partial charge in [-0.3, -0.25) is 14.9 Å². The second-order valence-electron chi connectivity index (χ2n) is 4.45. The van der Waals surface area contributed by atoms with Crippen LogP contribution in [0.2, 0.25) is 0 Å². The van der Waals surface area contributed by atoms with Crippen molar-refractivity contribution in [3.05, 3.63) is 58.5 Å². The SMILES string of the molecule is O=C(Nc1cc([N+](=O)[O-])ccc1O)c1ccc2ocnc2c1. The molecule has 0 bridgehead atoms. The van der Waals surface area contributed by atoms with Crippen LogP contribution in [-0.4, -0.2) is 20.9 Å². The number of hydrogen-bond acceptors (Lipinski definition) is 6. The lowest BCUT2D eigenvalue weighted by Crippen LogP contribution is -2.12. The van der Waals surface area contributed by atoms with E-state index in [1.807, 2.05) is 0 Å². The zero-order valence-electron chi connectivity index (χ0n) is 11.0. The van der Waals surface area contributed by atoms with Crippen molar-refractivity contribution >= 4 is 28.4 Å². The molecule has 2 N–H and O–H groups in total. The van der Waals surface area contributed by atoms with Crippen LogP contribution in [0.3, 0.4) is 0 Å². The number of nitro benzene ring substituents is 1. The lowest BCUT2D eigenvalue weighted by atomic mass is 10.2. The molecule has 0 aliphatic heterocycles. The first-order chi connectivity index (χ1) is 10.5. The molecule has 3 aromatic rings. The molecule has 1 heterocycles. The van der Waals surface area contributed by atoms with Crippen molar-refractivity contribution in [2.24, 2.45) is 0 Å². The topological polar surface area (TPSA) is 118 Å². The molecular weight excluding hydrogens is 290 g/mol. The second kappa shape index (κ2) is 5.17. The van der Waals surface area contributed by atoms with Crippen molar-refractivity contribution in [1.82, 2.24) is 4.98 Å². The summed E-state index contributed by atoms with van der Waals surface area (Å²) in [7, 11) is 0. The molecule has 1 amide bonds. The number of nitro groups is 1. The number of amides is 1. The average molecular weight is 299 g/mol. The Bertz CT molecular complexity index is 887. The Morgan fingerprint density at radius 1 is 1.27 bits per heavy atom. The highest BCUT2D eigenvalue weighted by Gasteiger charge is 2.14. The van der Waals surface area contributed by atoms with Gasteiger partial charge >= 0.3 is 0 Å². The predicted molar refractivity (Wildman–Crippen MR) is 76.7 cm³/mol. The minimum Gasteiger partial charge on any atom is -0.506 e. The quantitative estimate of drug-likeness (QED) is 0.436. The van der Waals surface area contributed by atoms with Gasteiger partial charge in [-0.05, 0) is 24.3 Å². The van der Waals surface area contributed by atoms with Crippen LogP contribution in [0, 0.1) is 10.1 Å². The summed E-state index contributed by atoms with van der Waals surface area (Å²) in [4.78, 5) is 26.2. The molecule has 2 aromatic carbocycles. The number of nitrogens with one attached hydrogen (secondary N) is 1. The van der Waals surface area contributed by atoms with Crippen LogP contribution in [0.1, 0.15) is 10.4 Å². The van der Waals surface area contributed by atoms with E-state index < -0.39 is 10.8 Å². The second-order valence-corrected chi connectivity index (χ2v) is 4.45. The minimum absolute atomic E-state index is 0.0422. The number of anilines is 1. The van der Waals surface area contributed by atoms with Gasteiger partial charge in [0.15, 0.2) is 12.0 Å². The first kappa shape index (κ1) is 13.6. The van der Waals surface area contributed by atoms with Gasteiger partial charge in [0, 0.05) is 17.7 Å². The summed E-state index contributed by atoms with van der Waals surface area (Å²) in [5, 5.41) is 22.8. The third-order valence-corrected chi connectivity index (χ3v) is 3.03. The van der Waals surface area contributed by atoms with Gasteiger partial charge in [-0.1, -0.05) is 0 Å². The van der Waals surface area contributed by atoms with Gasteiger partial charge in [0.05, 0.1) is 10.6 Å². The molecule has 0 saturated carbocycles. The van der Waals surface area contributed by atoms with Gasteiger partial charge in [-0.15, -0.1) is 0 Å². The number of oxazole rings is 1. The van der Waals surface area contributed by atoms with Crippen LogP contribution in [0.5, 0.6) is 5.75 Å². The van der Waals surface area contributed by atoms with Crippen LogP contribution in [0.15, 0.2) is 47.2 Å². The van der Waals surface area contributed by atoms with Crippen molar-refractivity contribution in [2.45, 2.75) is 0 Å². The van der Waals surface area contributed by atoms with Gasteiger partial charge in [-0.25, -0.2) is 4.98 Å². The van der Waals surface area contributed by atoms with Crippen LogP contribution < -0.4 is 5.32 Å². The van der Waals surface area contributed by atoms with Gasteiger partial charge in [0.1, 0.15) is 11.3 Å². The van der Waals surface area contributed by atoms with Crippen LogP contribution >= 0.6 is 0 Å². The lowest BCUT2D eigenvalue weighted by Gasteiger charge is -2.07. The molecular formula is C14H9N3O5. The van der Waals surface area contributed by atoms with Crippen molar-refractivity contribution < 1.29 is 19.2 Å². The van der Waals surface area contributed by atoms with Crippen molar-refractivity contribution in [1.29, 1.82) is 0 Å². The number of phenols is 1. The summed E-state index contributed by atoms with van der Waals surface area (Å²) in [5.74, 6) is -0.790. The first-order valence-electron chi connectivity index (χ1n) is 6.16. The summed E-state index contributed by atoms with van der Waals surface area (Å²) in [5.41, 5.74) is 1.05. The van der Waals surface area contributed by atoms with Crippen LogP contribution in [0.4, 0.5) is 11.4 Å². The highest BCUT2D eigenvalue weighted by Crippen LogP contribution is 2.28. The molecule has 110 valence electrons. The molecule has 0 aliphatic rings. The number of benzene rings is 2. The summed E-state index contributed by atoms with van der Waals surface area (Å²) in [6, 6.07) is 8.01. The van der Waals surface area contributed by atoms with E-state index in [0.29, 0.717) is 11.1 Å². The third-order valence-electron chi connectivity index (χ3n) is 3.03. The number of rotatable bonds is 3. The number of hydrogen-bond donors (Lipinski definition) is 2. The van der Waals surface area contributed by atoms with E-state index in [9.17, 15) is 20.0 Å². The predicted octanol–water partition coefficient (Wildman–Crippen LogP) is 2.69. The zero-order chi connectivity index (χ0) is 15.7. The molecule has 0 fully saturated rings. The van der Waals surface area contributed by atoms with Gasteiger partial charge in [-0.2, -0.15) is 0 Å². The zero-order valence-corrected chi connectivity index (χ0v) is 11.0. The normalized spacial score (nSPS) is 10.5. The maximum absolute atomic E-state index is 12.2. The van der Waals surface area contributed by atoms with E-state index in [1.54, 1.807) is 6.07 Å². The molecule has 0 unspecified atom stereocenters. The fraction of sp³-hybridized carbons (Fsp3) is 0. The maximum atomic E-state index is 12.2. The number of carbonyl (C=O) groups is 1. The number of phenolic OH excluding ortho intramolecular Hbond substituents is 1. The van der Waals surface area contributed by atoms with Crippen LogP contribution in [-0.2, 0) is 0 Å². The van der Waals surface area contributed by atoms with Crippen molar-refractivity contribution in [3.63, 3.8) is 0 Å². The maximum Gasteiger partial charge on any atom is 0.271 e. The van der Waals surface area contributed by atoms with E-state index in [-0.39, 0.29) is 22.7 Å². The summed E-state index contributed by atoms with van der Waals surface area (Å²) in [6.07, 6.45) is 1.26. The molecule has 0 saturated heterocycles. The minimum atomic E-state index is -0.615. The molecule has 0 aliphatic carbocycles. The largest absolute Gasteiger partial charge is 0.506 e. The number of nitrogens with zero attached hydrogens (tertiary/aromatic N) is 2. The standard InChI is InChI=1S/C14H9N3O5/c18-12-3-2-9(17(20)21)6-10(12)16-14(19)8-1-4-13-11(5-8)15-7-22-13/h1-7,18H,(H,16,19). The van der Waals surface area contributed by atoms with Crippen molar-refractivity contribution in [3.8, 4) is 5.75 Å². The summed E-state index contributed by atoms with van der Waals surface area (Å²) >= 11 is 0. The monoisotopic (exact) mass is 299 g/mol. The molecule has 22 heavy (non-hydrogen) atoms. The number of aromatic hydroxyl groups is 1. The Labute approximate surface area is 123 Å².